The summed E-state index contributed by atoms with van der Waals surface area (Å²) in [5.41, 5.74) is 1.17. The quantitative estimate of drug-likeness (QED) is 0.845. The van der Waals surface area contributed by atoms with Crippen molar-refractivity contribution >= 4 is 17.2 Å². The van der Waals surface area contributed by atoms with Crippen LogP contribution < -0.4 is 4.90 Å². The first kappa shape index (κ1) is 14.8. The number of pyridine rings is 1. The minimum Gasteiger partial charge on any atom is -0.378 e. The van der Waals surface area contributed by atoms with Gasteiger partial charge in [0.15, 0.2) is 5.69 Å². The Morgan fingerprint density at radius 2 is 2.00 bits per heavy atom. The lowest BCUT2D eigenvalue weighted by Crippen LogP contribution is -2.37. The zero-order valence-corrected chi connectivity index (χ0v) is 13.0. The molecule has 0 saturated carbocycles. The van der Waals surface area contributed by atoms with Crippen LogP contribution in [0.2, 0.25) is 0 Å². The van der Waals surface area contributed by atoms with Gasteiger partial charge in [-0.15, -0.1) is 5.10 Å². The molecule has 0 radical (unpaired) electrons. The van der Waals surface area contributed by atoms with Gasteiger partial charge in [0.25, 0.3) is 5.91 Å². The molecule has 118 valence electrons. The lowest BCUT2D eigenvalue weighted by atomic mass is 10.2. The van der Waals surface area contributed by atoms with Crippen LogP contribution in [0, 0.1) is 0 Å². The summed E-state index contributed by atoms with van der Waals surface area (Å²) >= 11 is 0. The Balaban J connectivity index is 1.99. The number of amides is 1. The predicted octanol–water partition coefficient (Wildman–Crippen LogP) is 1.05. The molecule has 0 aliphatic carbocycles. The number of hydrogen-bond acceptors (Lipinski definition) is 5. The van der Waals surface area contributed by atoms with Crippen molar-refractivity contribution in [2.24, 2.45) is 0 Å². The van der Waals surface area contributed by atoms with Gasteiger partial charge in [-0.2, -0.15) is 4.52 Å². The number of fused-ring (bicyclic) bond motifs is 1. The number of aromatic nitrogens is 3. The first-order valence-electron chi connectivity index (χ1n) is 7.72. The Bertz CT molecular complexity index is 659. The molecule has 0 unspecified atom stereocenters. The molecule has 1 aliphatic heterocycles. The minimum absolute atomic E-state index is 0.0703. The Hall–Kier alpha value is -2.15. The van der Waals surface area contributed by atoms with E-state index in [1.165, 1.54) is 0 Å². The molecule has 2 aromatic heterocycles. The lowest BCUT2D eigenvalue weighted by molar-refractivity contribution is 0.0769. The number of ether oxygens (including phenoxy) is 1. The van der Waals surface area contributed by atoms with Gasteiger partial charge >= 0.3 is 0 Å². The highest BCUT2D eigenvalue weighted by Crippen LogP contribution is 2.20. The lowest BCUT2D eigenvalue weighted by Gasteiger charge is -2.28. The highest BCUT2D eigenvalue weighted by molar-refractivity contribution is 5.98. The third kappa shape index (κ3) is 2.52. The van der Waals surface area contributed by atoms with Crippen LogP contribution in [0.3, 0.4) is 0 Å². The highest BCUT2D eigenvalue weighted by atomic mass is 16.5. The second-order valence-electron chi connectivity index (χ2n) is 5.20. The van der Waals surface area contributed by atoms with Crippen LogP contribution in [0.15, 0.2) is 18.2 Å². The fourth-order valence-electron chi connectivity index (χ4n) is 2.75. The Morgan fingerprint density at radius 1 is 1.27 bits per heavy atom. The molecule has 0 atom stereocenters. The number of rotatable bonds is 4. The topological polar surface area (TPSA) is 63.0 Å². The van der Waals surface area contributed by atoms with Crippen molar-refractivity contribution in [3.8, 4) is 0 Å². The number of morpholine rings is 1. The maximum atomic E-state index is 12.5. The van der Waals surface area contributed by atoms with Crippen LogP contribution in [0.1, 0.15) is 24.3 Å². The predicted molar refractivity (Wildman–Crippen MR) is 83.3 cm³/mol. The standard InChI is InChI=1S/C15H21N5O2/c1-3-18(4-2)15(21)14-12-6-5-7-13(20(12)17-16-14)19-8-10-22-11-9-19/h5-7H,3-4,8-11H2,1-2H3. The molecule has 1 saturated heterocycles. The van der Waals surface area contributed by atoms with E-state index in [9.17, 15) is 4.79 Å². The second kappa shape index (κ2) is 6.31. The molecule has 0 aromatic carbocycles. The van der Waals surface area contributed by atoms with Gasteiger partial charge in [0.1, 0.15) is 11.3 Å². The first-order valence-corrected chi connectivity index (χ1v) is 7.72. The molecule has 22 heavy (non-hydrogen) atoms. The molecule has 0 bridgehead atoms. The maximum Gasteiger partial charge on any atom is 0.276 e. The van der Waals surface area contributed by atoms with Crippen LogP contribution in [0.5, 0.6) is 0 Å². The monoisotopic (exact) mass is 303 g/mol. The van der Waals surface area contributed by atoms with Gasteiger partial charge in [0, 0.05) is 26.2 Å². The fraction of sp³-hybridized carbons (Fsp3) is 0.533. The molecule has 7 nitrogen and oxygen atoms in total. The fourth-order valence-corrected chi connectivity index (χ4v) is 2.75. The summed E-state index contributed by atoms with van der Waals surface area (Å²) in [6, 6.07) is 5.84. The molecule has 1 amide bonds. The van der Waals surface area contributed by atoms with E-state index in [4.69, 9.17) is 4.74 Å². The van der Waals surface area contributed by atoms with Crippen LogP contribution in [0.4, 0.5) is 5.82 Å². The first-order chi connectivity index (χ1) is 10.8. The number of hydrogen-bond donors (Lipinski definition) is 0. The molecule has 2 aromatic rings. The van der Waals surface area contributed by atoms with Crippen LogP contribution in [-0.2, 0) is 4.74 Å². The maximum absolute atomic E-state index is 12.5. The molecule has 3 rings (SSSR count). The summed E-state index contributed by atoms with van der Waals surface area (Å²) in [6.07, 6.45) is 0. The summed E-state index contributed by atoms with van der Waals surface area (Å²) in [5, 5.41) is 8.33. The SMILES string of the molecule is CCN(CC)C(=O)c1nnn2c(N3CCOCC3)cccc12. The summed E-state index contributed by atoms with van der Waals surface area (Å²) in [7, 11) is 0. The molecule has 1 fully saturated rings. The van der Waals surface area contributed by atoms with E-state index in [2.05, 4.69) is 15.2 Å². The molecule has 1 aliphatic rings. The third-order valence-corrected chi connectivity index (χ3v) is 4.01. The molecule has 0 spiro atoms. The van der Waals surface area contributed by atoms with E-state index >= 15 is 0 Å². The van der Waals surface area contributed by atoms with E-state index in [-0.39, 0.29) is 5.91 Å². The van der Waals surface area contributed by atoms with Gasteiger partial charge in [0.05, 0.1) is 13.2 Å². The van der Waals surface area contributed by atoms with Crippen molar-refractivity contribution in [3.05, 3.63) is 23.9 Å². The molecule has 7 heteroatoms. The zero-order chi connectivity index (χ0) is 15.5. The smallest absolute Gasteiger partial charge is 0.276 e. The minimum atomic E-state index is -0.0703. The summed E-state index contributed by atoms with van der Waals surface area (Å²) < 4.78 is 7.14. The third-order valence-electron chi connectivity index (χ3n) is 4.01. The highest BCUT2D eigenvalue weighted by Gasteiger charge is 2.22. The average molecular weight is 303 g/mol. The Labute approximate surface area is 129 Å². The van der Waals surface area contributed by atoms with Crippen molar-refractivity contribution in [3.63, 3.8) is 0 Å². The molecular weight excluding hydrogens is 282 g/mol. The van der Waals surface area contributed by atoms with Crippen LogP contribution >= 0.6 is 0 Å². The van der Waals surface area contributed by atoms with Crippen molar-refractivity contribution in [2.75, 3.05) is 44.3 Å². The molecular formula is C15H21N5O2. The normalized spacial score (nSPS) is 15.3. The van der Waals surface area contributed by atoms with E-state index in [0.717, 1.165) is 24.4 Å². The number of carbonyl (C=O) groups is 1. The van der Waals surface area contributed by atoms with Gasteiger partial charge in [-0.05, 0) is 26.0 Å². The van der Waals surface area contributed by atoms with Gasteiger partial charge in [-0.3, -0.25) is 4.79 Å². The second-order valence-corrected chi connectivity index (χ2v) is 5.20. The number of carbonyl (C=O) groups excluding carboxylic acids is 1. The van der Waals surface area contributed by atoms with Gasteiger partial charge < -0.3 is 14.5 Å². The van der Waals surface area contributed by atoms with E-state index in [1.54, 1.807) is 9.42 Å². The average Bonchev–Trinajstić information content (AvgIpc) is 3.00. The van der Waals surface area contributed by atoms with Crippen molar-refractivity contribution in [1.82, 2.24) is 19.7 Å². The van der Waals surface area contributed by atoms with Crippen LogP contribution in [0.25, 0.3) is 5.52 Å². The van der Waals surface area contributed by atoms with E-state index in [0.29, 0.717) is 32.0 Å². The molecule has 0 N–H and O–H groups in total. The summed E-state index contributed by atoms with van der Waals surface area (Å²) in [5.74, 6) is 0.881. The number of anilines is 1. The summed E-state index contributed by atoms with van der Waals surface area (Å²) in [4.78, 5) is 16.5. The number of nitrogens with zero attached hydrogens (tertiary/aromatic N) is 5. The van der Waals surface area contributed by atoms with E-state index < -0.39 is 0 Å². The van der Waals surface area contributed by atoms with Crippen molar-refractivity contribution < 1.29 is 9.53 Å². The largest absolute Gasteiger partial charge is 0.378 e. The van der Waals surface area contributed by atoms with E-state index in [1.807, 2.05) is 32.0 Å². The van der Waals surface area contributed by atoms with Crippen molar-refractivity contribution in [1.29, 1.82) is 0 Å². The van der Waals surface area contributed by atoms with Crippen LogP contribution in [-0.4, -0.2) is 65.0 Å². The van der Waals surface area contributed by atoms with Crippen molar-refractivity contribution in [2.45, 2.75) is 13.8 Å². The Morgan fingerprint density at radius 3 is 2.68 bits per heavy atom. The zero-order valence-electron chi connectivity index (χ0n) is 13.0. The van der Waals surface area contributed by atoms with Gasteiger partial charge in [-0.25, -0.2) is 0 Å². The van der Waals surface area contributed by atoms with Gasteiger partial charge in [0.2, 0.25) is 0 Å². The summed E-state index contributed by atoms with van der Waals surface area (Å²) in [6.45, 7) is 8.30. The Kier molecular flexibility index (Phi) is 4.24. The molecule has 3 heterocycles. The van der Waals surface area contributed by atoms with Gasteiger partial charge in [-0.1, -0.05) is 11.3 Å².